The molecule has 5 heteroatoms. The van der Waals surface area contributed by atoms with E-state index in [1.54, 1.807) is 11.0 Å². The number of nitrogens with zero attached hydrogens (tertiary/aromatic N) is 1. The number of carboxylic acid groups (broad SMARTS) is 1. The Kier molecular flexibility index (Phi) is 4.71. The van der Waals surface area contributed by atoms with E-state index in [0.29, 0.717) is 24.4 Å². The highest BCUT2D eigenvalue weighted by Gasteiger charge is 2.43. The van der Waals surface area contributed by atoms with E-state index in [-0.39, 0.29) is 11.9 Å². The first-order valence-corrected chi connectivity index (χ1v) is 7.99. The molecule has 1 aliphatic rings. The van der Waals surface area contributed by atoms with E-state index in [1.165, 1.54) is 0 Å². The summed E-state index contributed by atoms with van der Waals surface area (Å²) in [6.07, 6.45) is 0.497. The lowest BCUT2D eigenvalue weighted by molar-refractivity contribution is -0.144. The molecule has 2 rings (SSSR count). The van der Waals surface area contributed by atoms with Crippen LogP contribution in [0.25, 0.3) is 0 Å². The Morgan fingerprint density at radius 2 is 2.10 bits per heavy atom. The molecule has 1 aliphatic heterocycles. The van der Waals surface area contributed by atoms with Crippen LogP contribution in [0.15, 0.2) is 22.7 Å². The number of hydrogen-bond acceptors (Lipinski definition) is 2. The van der Waals surface area contributed by atoms with Gasteiger partial charge in [-0.05, 0) is 30.0 Å². The van der Waals surface area contributed by atoms with Crippen molar-refractivity contribution in [2.24, 2.45) is 11.8 Å². The molecule has 21 heavy (non-hydrogen) atoms. The Morgan fingerprint density at radius 1 is 1.43 bits per heavy atom. The zero-order chi connectivity index (χ0) is 15.7. The minimum atomic E-state index is -0.847. The van der Waals surface area contributed by atoms with E-state index in [0.717, 1.165) is 10.0 Å². The van der Waals surface area contributed by atoms with Crippen LogP contribution in [0.5, 0.6) is 0 Å². The van der Waals surface area contributed by atoms with Crippen LogP contribution in [-0.4, -0.2) is 28.4 Å². The minimum absolute atomic E-state index is 0.0651. The number of carbonyl (C=O) groups excluding carboxylic acids is 1. The Bertz CT molecular complexity index is 571. The van der Waals surface area contributed by atoms with Crippen LogP contribution >= 0.6 is 15.9 Å². The molecule has 114 valence electrons. The van der Waals surface area contributed by atoms with Crippen molar-refractivity contribution in [2.45, 2.75) is 33.2 Å². The predicted molar refractivity (Wildman–Crippen MR) is 84.2 cm³/mol. The molecule has 1 N–H and O–H groups in total. The topological polar surface area (TPSA) is 57.6 Å². The second kappa shape index (κ2) is 6.18. The number of rotatable bonds is 5. The lowest BCUT2D eigenvalue weighted by atomic mass is 9.90. The zero-order valence-electron chi connectivity index (χ0n) is 12.5. The summed E-state index contributed by atoms with van der Waals surface area (Å²) in [4.78, 5) is 26.0. The number of hydrogen-bond donors (Lipinski definition) is 1. The van der Waals surface area contributed by atoms with E-state index < -0.39 is 11.9 Å². The lowest BCUT2D eigenvalue weighted by Gasteiger charge is -2.30. The highest BCUT2D eigenvalue weighted by Crippen LogP contribution is 2.41. The molecule has 1 amide bonds. The SMILES string of the molecule is CCC(C(=O)O)C1c2ccc(Br)cc2C(=O)N1CC(C)C. The van der Waals surface area contributed by atoms with Gasteiger partial charge in [0.15, 0.2) is 0 Å². The third-order valence-corrected chi connectivity index (χ3v) is 4.35. The highest BCUT2D eigenvalue weighted by molar-refractivity contribution is 9.10. The summed E-state index contributed by atoms with van der Waals surface area (Å²) in [5.41, 5.74) is 1.45. The van der Waals surface area contributed by atoms with Gasteiger partial charge in [-0.25, -0.2) is 0 Å². The smallest absolute Gasteiger partial charge is 0.308 e. The van der Waals surface area contributed by atoms with Gasteiger partial charge in [0.2, 0.25) is 0 Å². The summed E-state index contributed by atoms with van der Waals surface area (Å²) >= 11 is 3.38. The molecule has 0 saturated carbocycles. The van der Waals surface area contributed by atoms with Crippen LogP contribution in [0.2, 0.25) is 0 Å². The number of carboxylic acids is 1. The van der Waals surface area contributed by atoms with Gasteiger partial charge < -0.3 is 10.0 Å². The van der Waals surface area contributed by atoms with Crippen LogP contribution in [0, 0.1) is 11.8 Å². The molecule has 0 saturated heterocycles. The summed E-state index contributed by atoms with van der Waals surface area (Å²) in [6.45, 7) is 6.49. The molecule has 2 atom stereocenters. The molecule has 4 nitrogen and oxygen atoms in total. The largest absolute Gasteiger partial charge is 0.481 e. The third kappa shape index (κ3) is 2.98. The first-order chi connectivity index (χ1) is 9.86. The van der Waals surface area contributed by atoms with Gasteiger partial charge in [0.05, 0.1) is 12.0 Å². The van der Waals surface area contributed by atoms with Crippen LogP contribution < -0.4 is 0 Å². The van der Waals surface area contributed by atoms with Crippen LogP contribution in [0.1, 0.15) is 49.2 Å². The van der Waals surface area contributed by atoms with E-state index in [1.807, 2.05) is 32.9 Å². The molecule has 0 aromatic heterocycles. The van der Waals surface area contributed by atoms with Crippen molar-refractivity contribution in [2.75, 3.05) is 6.54 Å². The molecule has 1 heterocycles. The second-order valence-corrected chi connectivity index (χ2v) is 6.80. The molecule has 2 unspecified atom stereocenters. The van der Waals surface area contributed by atoms with Gasteiger partial charge in [0, 0.05) is 16.6 Å². The fourth-order valence-electron chi connectivity index (χ4n) is 2.98. The molecule has 0 spiro atoms. The van der Waals surface area contributed by atoms with Crippen molar-refractivity contribution >= 4 is 27.8 Å². The number of carbonyl (C=O) groups is 2. The molecule has 0 radical (unpaired) electrons. The van der Waals surface area contributed by atoms with Crippen molar-refractivity contribution in [1.29, 1.82) is 0 Å². The Labute approximate surface area is 133 Å². The summed E-state index contributed by atoms with van der Waals surface area (Å²) in [5.74, 6) is -1.19. The van der Waals surface area contributed by atoms with E-state index in [9.17, 15) is 14.7 Å². The molecular weight excluding hydrogens is 334 g/mol. The van der Waals surface area contributed by atoms with Gasteiger partial charge in [-0.2, -0.15) is 0 Å². The number of benzene rings is 1. The Morgan fingerprint density at radius 3 is 2.62 bits per heavy atom. The first kappa shape index (κ1) is 16.0. The van der Waals surface area contributed by atoms with Crippen molar-refractivity contribution in [3.63, 3.8) is 0 Å². The number of amides is 1. The minimum Gasteiger partial charge on any atom is -0.481 e. The summed E-state index contributed by atoms with van der Waals surface area (Å²) in [5, 5.41) is 9.50. The average molecular weight is 354 g/mol. The maximum Gasteiger partial charge on any atom is 0.308 e. The van der Waals surface area contributed by atoms with Crippen LogP contribution in [-0.2, 0) is 4.79 Å². The van der Waals surface area contributed by atoms with E-state index in [4.69, 9.17) is 0 Å². The lowest BCUT2D eigenvalue weighted by Crippen LogP contribution is -2.37. The van der Waals surface area contributed by atoms with Gasteiger partial charge in [-0.3, -0.25) is 9.59 Å². The number of aliphatic carboxylic acids is 1. The monoisotopic (exact) mass is 353 g/mol. The summed E-state index contributed by atoms with van der Waals surface area (Å²) < 4.78 is 0.836. The van der Waals surface area contributed by atoms with Crippen molar-refractivity contribution < 1.29 is 14.7 Å². The van der Waals surface area contributed by atoms with Crippen LogP contribution in [0.3, 0.4) is 0 Å². The highest BCUT2D eigenvalue weighted by atomic mass is 79.9. The van der Waals surface area contributed by atoms with Crippen molar-refractivity contribution in [1.82, 2.24) is 4.90 Å². The number of fused-ring (bicyclic) bond motifs is 1. The van der Waals surface area contributed by atoms with Gasteiger partial charge >= 0.3 is 5.97 Å². The molecule has 1 aromatic carbocycles. The van der Waals surface area contributed by atoms with E-state index in [2.05, 4.69) is 15.9 Å². The quantitative estimate of drug-likeness (QED) is 0.877. The fraction of sp³-hybridized carbons (Fsp3) is 0.500. The Balaban J connectivity index is 2.51. The maximum atomic E-state index is 12.6. The number of halogens is 1. The maximum absolute atomic E-state index is 12.6. The summed E-state index contributed by atoms with van der Waals surface area (Å²) in [7, 11) is 0. The van der Waals surface area contributed by atoms with Gasteiger partial charge in [-0.15, -0.1) is 0 Å². The Hall–Kier alpha value is -1.36. The van der Waals surface area contributed by atoms with Gasteiger partial charge in [0.25, 0.3) is 5.91 Å². The predicted octanol–water partition coefficient (Wildman–Crippen LogP) is 3.71. The average Bonchev–Trinajstić information content (AvgIpc) is 2.64. The third-order valence-electron chi connectivity index (χ3n) is 3.86. The van der Waals surface area contributed by atoms with Crippen molar-refractivity contribution in [3.05, 3.63) is 33.8 Å². The summed E-state index contributed by atoms with van der Waals surface area (Å²) in [6, 6.07) is 5.16. The van der Waals surface area contributed by atoms with Crippen molar-refractivity contribution in [3.8, 4) is 0 Å². The van der Waals surface area contributed by atoms with Gasteiger partial charge in [0.1, 0.15) is 0 Å². The molecular formula is C16H20BrNO3. The first-order valence-electron chi connectivity index (χ1n) is 7.20. The molecule has 0 bridgehead atoms. The molecule has 1 aromatic rings. The normalized spacial score (nSPS) is 19.0. The van der Waals surface area contributed by atoms with Gasteiger partial charge in [-0.1, -0.05) is 42.8 Å². The zero-order valence-corrected chi connectivity index (χ0v) is 14.1. The second-order valence-electron chi connectivity index (χ2n) is 5.88. The fourth-order valence-corrected chi connectivity index (χ4v) is 3.34. The van der Waals surface area contributed by atoms with Crippen LogP contribution in [0.4, 0.5) is 0 Å². The molecule has 0 fully saturated rings. The molecule has 0 aliphatic carbocycles. The van der Waals surface area contributed by atoms with E-state index >= 15 is 0 Å². The standard InChI is InChI=1S/C16H20BrNO3/c1-4-11(16(20)21)14-12-6-5-10(17)7-13(12)15(19)18(14)8-9(2)3/h5-7,9,11,14H,4,8H2,1-3H3,(H,20,21).